The Balaban J connectivity index is 1.90. The predicted molar refractivity (Wildman–Crippen MR) is 106 cm³/mol. The van der Waals surface area contributed by atoms with Gasteiger partial charge in [-0.25, -0.2) is 0 Å². The molecule has 1 amide bonds. The zero-order valence-corrected chi connectivity index (χ0v) is 16.1. The summed E-state index contributed by atoms with van der Waals surface area (Å²) in [6, 6.07) is 8.31. The number of thioether (sulfide) groups is 1. The first-order valence-electron chi connectivity index (χ1n) is 8.93. The molecule has 1 atom stereocenters. The van der Waals surface area contributed by atoms with Crippen molar-refractivity contribution in [2.24, 2.45) is 0 Å². The molecule has 0 unspecified atom stereocenters. The molecule has 1 fully saturated rings. The van der Waals surface area contributed by atoms with E-state index in [1.165, 1.54) is 30.2 Å². The van der Waals surface area contributed by atoms with Crippen LogP contribution in [0.2, 0.25) is 0 Å². The van der Waals surface area contributed by atoms with Crippen LogP contribution in [0.1, 0.15) is 25.3 Å². The number of nitrogens with zero attached hydrogens (tertiary/aromatic N) is 4. The van der Waals surface area contributed by atoms with Crippen molar-refractivity contribution in [1.82, 2.24) is 20.1 Å². The smallest absolute Gasteiger partial charge is 0.233 e. The molecular formula is C19H25N5OS. The van der Waals surface area contributed by atoms with Crippen molar-refractivity contribution in [3.05, 3.63) is 42.5 Å². The van der Waals surface area contributed by atoms with Crippen LogP contribution in [0.25, 0.3) is 5.69 Å². The van der Waals surface area contributed by atoms with Gasteiger partial charge in [0, 0.05) is 19.6 Å². The number of benzene rings is 1. The van der Waals surface area contributed by atoms with Gasteiger partial charge in [-0.05, 0) is 38.8 Å². The first kappa shape index (κ1) is 18.5. The molecule has 0 radical (unpaired) electrons. The van der Waals surface area contributed by atoms with Crippen molar-refractivity contribution >= 4 is 23.6 Å². The average molecular weight is 372 g/mol. The molecule has 0 saturated carbocycles. The van der Waals surface area contributed by atoms with E-state index >= 15 is 0 Å². The number of anilines is 1. The fraction of sp³-hybridized carbons (Fsp3) is 0.421. The van der Waals surface area contributed by atoms with Crippen LogP contribution in [0.15, 0.2) is 42.1 Å². The summed E-state index contributed by atoms with van der Waals surface area (Å²) in [5.41, 5.74) is 2.22. The quantitative estimate of drug-likeness (QED) is 0.599. The summed E-state index contributed by atoms with van der Waals surface area (Å²) in [5, 5.41) is 12.1. The van der Waals surface area contributed by atoms with Gasteiger partial charge in [0.2, 0.25) is 11.9 Å². The molecule has 138 valence electrons. The van der Waals surface area contributed by atoms with Crippen molar-refractivity contribution in [3.63, 3.8) is 0 Å². The normalized spacial score (nSPS) is 15.1. The molecule has 2 aromatic rings. The highest BCUT2D eigenvalue weighted by Crippen LogP contribution is 2.30. The van der Waals surface area contributed by atoms with Gasteiger partial charge < -0.3 is 10.2 Å². The van der Waals surface area contributed by atoms with Gasteiger partial charge in [0.05, 0.1) is 10.9 Å². The van der Waals surface area contributed by atoms with Gasteiger partial charge in [-0.3, -0.25) is 9.36 Å². The molecule has 1 aromatic heterocycles. The van der Waals surface area contributed by atoms with E-state index in [1.54, 1.807) is 6.08 Å². The molecule has 26 heavy (non-hydrogen) atoms. The summed E-state index contributed by atoms with van der Waals surface area (Å²) in [6.45, 7) is 10.0. The number of hydrogen-bond acceptors (Lipinski definition) is 5. The molecule has 6 nitrogen and oxygen atoms in total. The first-order valence-corrected chi connectivity index (χ1v) is 9.81. The highest BCUT2D eigenvalue weighted by atomic mass is 32.2. The second-order valence-corrected chi connectivity index (χ2v) is 7.75. The molecule has 1 aliphatic rings. The van der Waals surface area contributed by atoms with Crippen LogP contribution in [-0.4, -0.2) is 45.6 Å². The third kappa shape index (κ3) is 4.09. The zero-order chi connectivity index (χ0) is 18.5. The van der Waals surface area contributed by atoms with Gasteiger partial charge in [-0.1, -0.05) is 35.5 Å². The number of amides is 1. The van der Waals surface area contributed by atoms with E-state index in [1.807, 2.05) is 6.92 Å². The maximum atomic E-state index is 12.2. The Morgan fingerprint density at radius 2 is 2.00 bits per heavy atom. The first-order chi connectivity index (χ1) is 12.6. The van der Waals surface area contributed by atoms with Crippen LogP contribution in [0.4, 0.5) is 5.95 Å². The lowest BCUT2D eigenvalue weighted by Crippen LogP contribution is -2.31. The molecule has 1 N–H and O–H groups in total. The van der Waals surface area contributed by atoms with Gasteiger partial charge in [0.25, 0.3) is 0 Å². The monoisotopic (exact) mass is 371 g/mol. The van der Waals surface area contributed by atoms with E-state index in [0.29, 0.717) is 6.54 Å². The topological polar surface area (TPSA) is 63.1 Å². The van der Waals surface area contributed by atoms with Crippen LogP contribution in [0.5, 0.6) is 0 Å². The number of aryl methyl sites for hydroxylation is 1. The lowest BCUT2D eigenvalue weighted by Gasteiger charge is -2.19. The van der Waals surface area contributed by atoms with Crippen molar-refractivity contribution in [3.8, 4) is 5.69 Å². The Labute approximate surface area is 158 Å². The summed E-state index contributed by atoms with van der Waals surface area (Å²) in [5.74, 6) is 0.823. The Kier molecular flexibility index (Phi) is 5.98. The van der Waals surface area contributed by atoms with E-state index in [2.05, 4.69) is 62.7 Å². The van der Waals surface area contributed by atoms with Crippen LogP contribution in [0.3, 0.4) is 0 Å². The minimum atomic E-state index is -0.269. The van der Waals surface area contributed by atoms with E-state index in [4.69, 9.17) is 0 Å². The minimum absolute atomic E-state index is 0.0314. The molecule has 0 aliphatic carbocycles. The lowest BCUT2D eigenvalue weighted by atomic mass is 10.2. The maximum absolute atomic E-state index is 12.2. The van der Waals surface area contributed by atoms with Crippen molar-refractivity contribution in [1.29, 1.82) is 0 Å². The molecule has 7 heteroatoms. The Morgan fingerprint density at radius 3 is 2.65 bits per heavy atom. The molecule has 0 spiro atoms. The fourth-order valence-electron chi connectivity index (χ4n) is 2.91. The van der Waals surface area contributed by atoms with Gasteiger partial charge in [0.1, 0.15) is 0 Å². The molecule has 1 saturated heterocycles. The lowest BCUT2D eigenvalue weighted by molar-refractivity contribution is -0.120. The van der Waals surface area contributed by atoms with Crippen LogP contribution in [0, 0.1) is 6.92 Å². The number of nitrogens with one attached hydrogen (secondary N) is 1. The molecule has 1 aliphatic heterocycles. The molecule has 2 heterocycles. The Bertz CT molecular complexity index is 765. The van der Waals surface area contributed by atoms with Crippen molar-refractivity contribution in [2.75, 3.05) is 24.5 Å². The molecular weight excluding hydrogens is 346 g/mol. The number of aromatic nitrogens is 3. The second kappa shape index (κ2) is 8.40. The Hall–Kier alpha value is -2.28. The molecule has 1 aromatic carbocycles. The summed E-state index contributed by atoms with van der Waals surface area (Å²) >= 11 is 1.42. The summed E-state index contributed by atoms with van der Waals surface area (Å²) in [7, 11) is 0. The summed E-state index contributed by atoms with van der Waals surface area (Å²) < 4.78 is 2.06. The fourth-order valence-corrected chi connectivity index (χ4v) is 3.80. The number of carbonyl (C=O) groups excluding carboxylic acids is 1. The van der Waals surface area contributed by atoms with E-state index in [9.17, 15) is 4.79 Å². The van der Waals surface area contributed by atoms with Crippen molar-refractivity contribution < 1.29 is 4.79 Å². The Morgan fingerprint density at radius 1 is 1.31 bits per heavy atom. The van der Waals surface area contributed by atoms with E-state index in [-0.39, 0.29) is 11.2 Å². The highest BCUT2D eigenvalue weighted by molar-refractivity contribution is 8.00. The third-order valence-corrected chi connectivity index (χ3v) is 5.41. The van der Waals surface area contributed by atoms with Crippen LogP contribution in [-0.2, 0) is 4.79 Å². The van der Waals surface area contributed by atoms with Gasteiger partial charge in [-0.2, -0.15) is 0 Å². The SMILES string of the molecule is C=CCNC(=O)[C@H](C)Sc1nnc(N2CCCC2)n1-c1ccc(C)cc1. The van der Waals surface area contributed by atoms with E-state index in [0.717, 1.165) is 29.9 Å². The van der Waals surface area contributed by atoms with Gasteiger partial charge in [0.15, 0.2) is 5.16 Å². The summed E-state index contributed by atoms with van der Waals surface area (Å²) in [6.07, 6.45) is 4.02. The predicted octanol–water partition coefficient (Wildman–Crippen LogP) is 2.96. The largest absolute Gasteiger partial charge is 0.352 e. The van der Waals surface area contributed by atoms with Crippen molar-refractivity contribution in [2.45, 2.75) is 37.1 Å². The summed E-state index contributed by atoms with van der Waals surface area (Å²) in [4.78, 5) is 14.5. The zero-order valence-electron chi connectivity index (χ0n) is 15.3. The minimum Gasteiger partial charge on any atom is -0.352 e. The number of rotatable bonds is 7. The van der Waals surface area contributed by atoms with Crippen LogP contribution >= 0.6 is 11.8 Å². The maximum Gasteiger partial charge on any atom is 0.233 e. The average Bonchev–Trinajstić information content (AvgIpc) is 3.30. The highest BCUT2D eigenvalue weighted by Gasteiger charge is 2.25. The number of hydrogen-bond donors (Lipinski definition) is 1. The van der Waals surface area contributed by atoms with E-state index < -0.39 is 0 Å². The van der Waals surface area contributed by atoms with Gasteiger partial charge in [-0.15, -0.1) is 16.8 Å². The standard InChI is InChI=1S/C19H25N5OS/c1-4-11-20-17(25)15(3)26-19-22-21-18(23-12-5-6-13-23)24(19)16-9-7-14(2)8-10-16/h4,7-10,15H,1,5-6,11-13H2,2-3H3,(H,20,25)/t15-/m0/s1. The second-order valence-electron chi connectivity index (χ2n) is 6.44. The third-order valence-electron chi connectivity index (χ3n) is 4.37. The van der Waals surface area contributed by atoms with Crippen LogP contribution < -0.4 is 10.2 Å². The molecule has 0 bridgehead atoms. The number of carbonyl (C=O) groups is 1. The van der Waals surface area contributed by atoms with Gasteiger partial charge >= 0.3 is 0 Å². The molecule has 3 rings (SSSR count).